The van der Waals surface area contributed by atoms with Crippen LogP contribution in [-0.2, 0) is 0 Å². The van der Waals surface area contributed by atoms with Crippen molar-refractivity contribution in [2.24, 2.45) is 0 Å². The molecule has 4 nitrogen and oxygen atoms in total. The predicted molar refractivity (Wildman–Crippen MR) is 121 cm³/mol. The standard InChI is InChI=1S/C26H20N2O2/c1-16-10-12-18(13-11-16)28-23-15-14-22(20-8-5-9-21(24(20)23)26(28)30)27-25(29)19-7-4-3-6-17(19)2/h3-15H,1-2H3,(H,27,29). The second-order valence-electron chi connectivity index (χ2n) is 7.61. The summed E-state index contributed by atoms with van der Waals surface area (Å²) in [6.07, 6.45) is 0. The van der Waals surface area contributed by atoms with Gasteiger partial charge in [-0.1, -0.05) is 48.0 Å². The van der Waals surface area contributed by atoms with Gasteiger partial charge in [0, 0.05) is 27.7 Å². The topological polar surface area (TPSA) is 49.4 Å². The second-order valence-corrected chi connectivity index (χ2v) is 7.61. The number of benzene rings is 4. The summed E-state index contributed by atoms with van der Waals surface area (Å²) in [6, 6.07) is 24.8. The van der Waals surface area contributed by atoms with Crippen molar-refractivity contribution >= 4 is 39.6 Å². The van der Waals surface area contributed by atoms with E-state index in [1.54, 1.807) is 4.90 Å². The molecule has 4 aromatic carbocycles. The fourth-order valence-corrected chi connectivity index (χ4v) is 4.06. The highest BCUT2D eigenvalue weighted by atomic mass is 16.2. The summed E-state index contributed by atoms with van der Waals surface area (Å²) in [7, 11) is 0. The Morgan fingerprint density at radius 2 is 1.60 bits per heavy atom. The monoisotopic (exact) mass is 392 g/mol. The van der Waals surface area contributed by atoms with E-state index in [1.165, 1.54) is 0 Å². The Labute approximate surface area is 174 Å². The van der Waals surface area contributed by atoms with Crippen LogP contribution in [0.25, 0.3) is 10.8 Å². The molecule has 0 unspecified atom stereocenters. The van der Waals surface area contributed by atoms with Gasteiger partial charge in [0.2, 0.25) is 0 Å². The van der Waals surface area contributed by atoms with E-state index in [1.807, 2.05) is 92.7 Å². The van der Waals surface area contributed by atoms with Gasteiger partial charge in [0.05, 0.1) is 11.3 Å². The molecular weight excluding hydrogens is 372 g/mol. The lowest BCUT2D eigenvalue weighted by molar-refractivity contribution is 0.100. The number of hydrogen-bond donors (Lipinski definition) is 1. The summed E-state index contributed by atoms with van der Waals surface area (Å²) in [5.74, 6) is -0.213. The Morgan fingerprint density at radius 3 is 2.37 bits per heavy atom. The van der Waals surface area contributed by atoms with Gasteiger partial charge in [-0.25, -0.2) is 0 Å². The Kier molecular flexibility index (Phi) is 4.14. The van der Waals surface area contributed by atoms with Gasteiger partial charge in [0.25, 0.3) is 11.8 Å². The van der Waals surface area contributed by atoms with Crippen LogP contribution in [0.15, 0.2) is 78.9 Å². The molecule has 30 heavy (non-hydrogen) atoms. The van der Waals surface area contributed by atoms with Gasteiger partial charge in [-0.15, -0.1) is 0 Å². The van der Waals surface area contributed by atoms with Crippen LogP contribution in [0.2, 0.25) is 0 Å². The molecular formula is C26H20N2O2. The molecule has 0 bridgehead atoms. The number of rotatable bonds is 3. The Hall–Kier alpha value is -3.92. The molecule has 0 radical (unpaired) electrons. The maximum atomic E-state index is 13.2. The summed E-state index contributed by atoms with van der Waals surface area (Å²) >= 11 is 0. The van der Waals surface area contributed by atoms with E-state index in [4.69, 9.17) is 0 Å². The van der Waals surface area contributed by atoms with Crippen LogP contribution < -0.4 is 10.2 Å². The first kappa shape index (κ1) is 18.1. The van der Waals surface area contributed by atoms with E-state index in [2.05, 4.69) is 5.32 Å². The lowest BCUT2D eigenvalue weighted by atomic mass is 10.0. The first-order valence-electron chi connectivity index (χ1n) is 9.88. The van der Waals surface area contributed by atoms with Gasteiger partial charge in [0.1, 0.15) is 0 Å². The fourth-order valence-electron chi connectivity index (χ4n) is 4.06. The van der Waals surface area contributed by atoms with E-state index in [0.717, 1.165) is 33.3 Å². The van der Waals surface area contributed by atoms with E-state index >= 15 is 0 Å². The minimum atomic E-state index is -0.159. The van der Waals surface area contributed by atoms with Gasteiger partial charge in [-0.2, -0.15) is 0 Å². The molecule has 1 heterocycles. The van der Waals surface area contributed by atoms with Gasteiger partial charge >= 0.3 is 0 Å². The maximum Gasteiger partial charge on any atom is 0.263 e. The number of nitrogens with zero attached hydrogens (tertiary/aromatic N) is 1. The molecule has 146 valence electrons. The lowest BCUT2D eigenvalue weighted by Gasteiger charge is -2.18. The van der Waals surface area contributed by atoms with Crippen LogP contribution in [0.1, 0.15) is 31.8 Å². The molecule has 4 heteroatoms. The van der Waals surface area contributed by atoms with Gasteiger partial charge in [0.15, 0.2) is 0 Å². The number of carbonyl (C=O) groups excluding carboxylic acids is 2. The van der Waals surface area contributed by atoms with Crippen molar-refractivity contribution in [1.82, 2.24) is 0 Å². The van der Waals surface area contributed by atoms with Crippen LogP contribution >= 0.6 is 0 Å². The zero-order chi connectivity index (χ0) is 20.8. The summed E-state index contributed by atoms with van der Waals surface area (Å²) in [6.45, 7) is 3.94. The average molecular weight is 392 g/mol. The molecule has 1 aliphatic heterocycles. The summed E-state index contributed by atoms with van der Waals surface area (Å²) in [5.41, 5.74) is 5.71. The third-order valence-corrected chi connectivity index (χ3v) is 5.62. The van der Waals surface area contributed by atoms with Crippen LogP contribution in [0.4, 0.5) is 17.1 Å². The minimum Gasteiger partial charge on any atom is -0.321 e. The SMILES string of the molecule is Cc1ccc(N2C(=O)c3cccc4c(NC(=O)c5ccccc5C)ccc2c34)cc1. The number of aryl methyl sites for hydroxylation is 2. The largest absolute Gasteiger partial charge is 0.321 e. The highest BCUT2D eigenvalue weighted by Gasteiger charge is 2.31. The average Bonchev–Trinajstić information content (AvgIpc) is 3.04. The van der Waals surface area contributed by atoms with E-state index in [-0.39, 0.29) is 11.8 Å². The number of carbonyl (C=O) groups is 2. The molecule has 0 aliphatic carbocycles. The highest BCUT2D eigenvalue weighted by molar-refractivity contribution is 6.29. The van der Waals surface area contributed by atoms with Crippen LogP contribution in [0, 0.1) is 13.8 Å². The molecule has 5 rings (SSSR count). The third-order valence-electron chi connectivity index (χ3n) is 5.62. The Balaban J connectivity index is 1.60. The van der Waals surface area contributed by atoms with Crippen molar-refractivity contribution < 1.29 is 9.59 Å². The molecule has 0 atom stereocenters. The van der Waals surface area contributed by atoms with E-state index in [9.17, 15) is 9.59 Å². The normalized spacial score (nSPS) is 12.5. The molecule has 4 aromatic rings. The van der Waals surface area contributed by atoms with Crippen LogP contribution in [0.5, 0.6) is 0 Å². The minimum absolute atomic E-state index is 0.0539. The summed E-state index contributed by atoms with van der Waals surface area (Å²) in [5, 5.41) is 4.76. The highest BCUT2D eigenvalue weighted by Crippen LogP contribution is 2.44. The molecule has 0 saturated heterocycles. The summed E-state index contributed by atoms with van der Waals surface area (Å²) < 4.78 is 0. The maximum absolute atomic E-state index is 13.2. The van der Waals surface area contributed by atoms with Crippen LogP contribution in [0.3, 0.4) is 0 Å². The smallest absolute Gasteiger partial charge is 0.263 e. The molecule has 0 saturated carbocycles. The third kappa shape index (κ3) is 2.77. The molecule has 2 amide bonds. The quantitative estimate of drug-likeness (QED) is 0.465. The molecule has 1 N–H and O–H groups in total. The molecule has 0 aromatic heterocycles. The first-order valence-corrected chi connectivity index (χ1v) is 9.88. The van der Waals surface area contributed by atoms with Crippen molar-refractivity contribution in [2.45, 2.75) is 13.8 Å². The zero-order valence-electron chi connectivity index (χ0n) is 16.8. The zero-order valence-corrected chi connectivity index (χ0v) is 16.8. The van der Waals surface area contributed by atoms with Crippen molar-refractivity contribution in [2.75, 3.05) is 10.2 Å². The fraction of sp³-hybridized carbons (Fsp3) is 0.0769. The first-order chi connectivity index (χ1) is 14.5. The van der Waals surface area contributed by atoms with Crippen molar-refractivity contribution in [3.05, 3.63) is 101 Å². The number of hydrogen-bond acceptors (Lipinski definition) is 2. The van der Waals surface area contributed by atoms with Gasteiger partial charge in [-0.3, -0.25) is 14.5 Å². The second kappa shape index (κ2) is 6.85. The number of nitrogens with one attached hydrogen (secondary N) is 1. The van der Waals surface area contributed by atoms with E-state index < -0.39 is 0 Å². The van der Waals surface area contributed by atoms with Gasteiger partial charge in [-0.05, 0) is 55.8 Å². The van der Waals surface area contributed by atoms with Gasteiger partial charge < -0.3 is 5.32 Å². The molecule has 1 aliphatic rings. The molecule has 0 spiro atoms. The number of amides is 2. The predicted octanol–water partition coefficient (Wildman–Crippen LogP) is 6.00. The lowest BCUT2D eigenvalue weighted by Crippen LogP contribution is -2.20. The van der Waals surface area contributed by atoms with Crippen molar-refractivity contribution in [1.29, 1.82) is 0 Å². The van der Waals surface area contributed by atoms with Crippen molar-refractivity contribution in [3.63, 3.8) is 0 Å². The Morgan fingerprint density at radius 1 is 0.833 bits per heavy atom. The van der Waals surface area contributed by atoms with Crippen molar-refractivity contribution in [3.8, 4) is 0 Å². The Bertz CT molecular complexity index is 1320. The van der Waals surface area contributed by atoms with Crippen LogP contribution in [-0.4, -0.2) is 11.8 Å². The number of anilines is 3. The van der Waals surface area contributed by atoms with E-state index in [0.29, 0.717) is 16.8 Å². The summed E-state index contributed by atoms with van der Waals surface area (Å²) in [4.78, 5) is 27.8. The molecule has 0 fully saturated rings.